The first-order valence-electron chi connectivity index (χ1n) is 17.3. The highest BCUT2D eigenvalue weighted by atomic mass is 32.2. The lowest BCUT2D eigenvalue weighted by molar-refractivity contribution is -0.142. The fraction of sp³-hybridized carbons (Fsp3) is 0.571. The van der Waals surface area contributed by atoms with Crippen LogP contribution in [-0.2, 0) is 29.1 Å². The minimum Gasteiger partial charge on any atom is -0.494 e. The van der Waals surface area contributed by atoms with E-state index in [1.165, 1.54) is 25.3 Å². The summed E-state index contributed by atoms with van der Waals surface area (Å²) in [5.41, 5.74) is -1.54. The fourth-order valence-corrected chi connectivity index (χ4v) is 8.74. The number of nitrogens with zero attached hydrogens (tertiary/aromatic N) is 2. The molecule has 4 amide bonds. The summed E-state index contributed by atoms with van der Waals surface area (Å²) in [6.07, 6.45) is 5.97. The molecular weight excluding hydrogens is 682 g/mol. The predicted molar refractivity (Wildman–Crippen MR) is 184 cm³/mol. The summed E-state index contributed by atoms with van der Waals surface area (Å²) >= 11 is 0. The van der Waals surface area contributed by atoms with Gasteiger partial charge in [-0.2, -0.15) is 0 Å². The van der Waals surface area contributed by atoms with E-state index in [0.717, 1.165) is 5.39 Å². The van der Waals surface area contributed by atoms with Crippen molar-refractivity contribution in [3.63, 3.8) is 0 Å². The zero-order valence-electron chi connectivity index (χ0n) is 28.9. The van der Waals surface area contributed by atoms with Gasteiger partial charge in [0.25, 0.3) is 5.91 Å². The zero-order chi connectivity index (χ0) is 36.5. The summed E-state index contributed by atoms with van der Waals surface area (Å²) in [5, 5.41) is 15.8. The Morgan fingerprint density at radius 2 is 1.86 bits per heavy atom. The first-order valence-corrected chi connectivity index (χ1v) is 18.8. The maximum atomic E-state index is 14.5. The van der Waals surface area contributed by atoms with Gasteiger partial charge in [-0.15, -0.1) is 0 Å². The van der Waals surface area contributed by atoms with Crippen LogP contribution in [0.25, 0.3) is 10.8 Å². The van der Waals surface area contributed by atoms with Gasteiger partial charge in [-0.1, -0.05) is 37.3 Å². The predicted octanol–water partition coefficient (Wildman–Crippen LogP) is 2.35. The van der Waals surface area contributed by atoms with Gasteiger partial charge in [0.15, 0.2) is 0 Å². The van der Waals surface area contributed by atoms with Gasteiger partial charge in [-0.3, -0.25) is 19.1 Å². The van der Waals surface area contributed by atoms with E-state index in [1.807, 2.05) is 43.3 Å². The average molecular weight is 728 g/mol. The van der Waals surface area contributed by atoms with Gasteiger partial charge in [0, 0.05) is 36.1 Å². The van der Waals surface area contributed by atoms with Crippen LogP contribution < -0.4 is 24.8 Å². The molecule has 1 saturated heterocycles. The van der Waals surface area contributed by atoms with Crippen LogP contribution >= 0.6 is 0 Å². The van der Waals surface area contributed by atoms with Crippen molar-refractivity contribution in [1.29, 1.82) is 0 Å². The van der Waals surface area contributed by atoms with Gasteiger partial charge >= 0.3 is 6.09 Å². The second-order valence-electron chi connectivity index (χ2n) is 14.1. The highest BCUT2D eigenvalue weighted by Gasteiger charge is 2.62. The van der Waals surface area contributed by atoms with Crippen molar-refractivity contribution in [2.24, 2.45) is 17.8 Å². The molecule has 2 aliphatic heterocycles. The Morgan fingerprint density at radius 1 is 1.12 bits per heavy atom. The highest BCUT2D eigenvalue weighted by molar-refractivity contribution is 7.91. The van der Waals surface area contributed by atoms with Crippen molar-refractivity contribution in [2.45, 2.75) is 80.8 Å². The molecule has 1 aromatic carbocycles. The van der Waals surface area contributed by atoms with Crippen LogP contribution in [0.3, 0.4) is 0 Å². The lowest BCUT2D eigenvalue weighted by Crippen LogP contribution is -2.59. The Balaban J connectivity index is 1.36. The quantitative estimate of drug-likeness (QED) is 0.276. The number of aromatic nitrogens is 1. The van der Waals surface area contributed by atoms with Gasteiger partial charge in [-0.05, 0) is 50.5 Å². The molecule has 2 aliphatic carbocycles. The Bertz CT molecular complexity index is 1820. The molecule has 3 heterocycles. The molecule has 15 nitrogen and oxygen atoms in total. The molecule has 0 spiro atoms. The van der Waals surface area contributed by atoms with Crippen LogP contribution in [0.15, 0.2) is 42.6 Å². The Labute approximate surface area is 296 Å². The number of carboxylic acid groups (broad SMARTS) is 1. The van der Waals surface area contributed by atoms with Gasteiger partial charge < -0.3 is 34.9 Å². The Kier molecular flexibility index (Phi) is 10.4. The third-order valence-corrected chi connectivity index (χ3v) is 12.1. The van der Waals surface area contributed by atoms with Crippen LogP contribution in [0.4, 0.5) is 4.79 Å². The first-order chi connectivity index (χ1) is 24.4. The molecule has 6 rings (SSSR count). The van der Waals surface area contributed by atoms with Gasteiger partial charge in [0.1, 0.15) is 29.5 Å². The van der Waals surface area contributed by atoms with Gasteiger partial charge in [-0.25, -0.2) is 18.2 Å². The molecule has 4 aliphatic rings. The molecule has 7 atom stereocenters. The van der Waals surface area contributed by atoms with E-state index in [4.69, 9.17) is 14.2 Å². The monoisotopic (exact) mass is 727 g/mol. The summed E-state index contributed by atoms with van der Waals surface area (Å²) in [5.74, 6) is -2.32. The van der Waals surface area contributed by atoms with Crippen molar-refractivity contribution in [1.82, 2.24) is 25.2 Å². The Hall–Kier alpha value is -4.44. The maximum Gasteiger partial charge on any atom is 0.405 e. The average Bonchev–Trinajstić information content (AvgIpc) is 4.02. The largest absolute Gasteiger partial charge is 0.494 e. The van der Waals surface area contributed by atoms with E-state index >= 15 is 0 Å². The summed E-state index contributed by atoms with van der Waals surface area (Å²) in [6.45, 7) is 2.00. The molecule has 3 fully saturated rings. The van der Waals surface area contributed by atoms with Crippen LogP contribution in [0, 0.1) is 17.8 Å². The maximum absolute atomic E-state index is 14.5. The number of nitrogens with one attached hydrogen (secondary N) is 3. The van der Waals surface area contributed by atoms with Crippen molar-refractivity contribution in [2.75, 3.05) is 27.4 Å². The number of benzene rings is 1. The lowest BCUT2D eigenvalue weighted by Gasteiger charge is -2.33. The second-order valence-corrected chi connectivity index (χ2v) is 16.1. The molecule has 1 aromatic heterocycles. The normalized spacial score (nSPS) is 30.5. The SMILES string of the molecule is COC[C@@H]1C[C@@H](C)CC/C=C\[C@@H]2C[C@@]2(C(=O)NS(=O)(=O)C2CC2)NC(=O)[C@@H]2C[C@@H](Oc3ncc(OC)c4ccccc34)CN2C(=O)[C@H]1NC(=O)O. The molecule has 2 saturated carbocycles. The number of carbonyl (C=O) groups is 4. The minimum atomic E-state index is -3.91. The van der Waals surface area contributed by atoms with E-state index in [-0.39, 0.29) is 37.8 Å². The molecular formula is C35H45N5O10S. The minimum absolute atomic E-state index is 0.0106. The van der Waals surface area contributed by atoms with Crippen molar-refractivity contribution in [3.8, 4) is 11.6 Å². The van der Waals surface area contributed by atoms with E-state index < -0.39 is 74.7 Å². The fourth-order valence-electron chi connectivity index (χ4n) is 7.38. The number of methoxy groups -OCH3 is 2. The number of hydrogen-bond donors (Lipinski definition) is 4. The van der Waals surface area contributed by atoms with Crippen molar-refractivity contribution in [3.05, 3.63) is 42.6 Å². The molecule has 276 valence electrons. The number of hydrogen-bond acceptors (Lipinski definition) is 10. The number of sulfonamides is 1. The second kappa shape index (κ2) is 14.7. The standard InChI is InChI=1S/C35H45N5O10S/c1-20-8-4-5-9-22-16-35(22,33(43)39-51(46,47)24-12-13-24)38-30(41)27-15-23(50-31-26-11-7-6-10-25(26)28(49-3)17-36-31)18-40(27)32(42)29(37-34(44)45)21(14-20)19-48-2/h5-7,9-11,17,20-24,27,29,37H,4,8,12-16,18-19H2,1-3H3,(H,38,41)(H,39,43)(H,44,45)/b9-5-/t20-,21-,22+,23+,27-,29-,35+/m0/s1. The molecule has 0 radical (unpaired) electrons. The third kappa shape index (κ3) is 7.76. The molecule has 4 N–H and O–H groups in total. The summed E-state index contributed by atoms with van der Waals surface area (Å²) in [7, 11) is -0.900. The van der Waals surface area contributed by atoms with Gasteiger partial charge in [0.05, 0.1) is 31.7 Å². The van der Waals surface area contributed by atoms with Gasteiger partial charge in [0.2, 0.25) is 27.7 Å². The topological polar surface area (TPSA) is 203 Å². The number of ether oxygens (including phenoxy) is 3. The van der Waals surface area contributed by atoms with Crippen LogP contribution in [0.5, 0.6) is 11.6 Å². The molecule has 2 aromatic rings. The van der Waals surface area contributed by atoms with E-state index in [2.05, 4.69) is 20.3 Å². The van der Waals surface area contributed by atoms with Crippen LogP contribution in [-0.4, -0.2) is 104 Å². The number of rotatable bonds is 9. The Morgan fingerprint density at radius 3 is 2.55 bits per heavy atom. The van der Waals surface area contributed by atoms with E-state index in [9.17, 15) is 32.7 Å². The molecule has 51 heavy (non-hydrogen) atoms. The first kappa shape index (κ1) is 36.4. The number of carbonyl (C=O) groups excluding carboxylic acids is 3. The lowest BCUT2D eigenvalue weighted by atomic mass is 9.87. The molecule has 0 bridgehead atoms. The van der Waals surface area contributed by atoms with Crippen molar-refractivity contribution < 1.29 is 46.9 Å². The summed E-state index contributed by atoms with van der Waals surface area (Å²) < 4.78 is 45.1. The zero-order valence-corrected chi connectivity index (χ0v) is 29.7. The molecule has 0 unspecified atom stereocenters. The summed E-state index contributed by atoms with van der Waals surface area (Å²) in [6, 6.07) is 4.89. The molecule has 16 heteroatoms. The number of fused-ring (bicyclic) bond motifs is 3. The van der Waals surface area contributed by atoms with Crippen LogP contribution in [0.2, 0.25) is 0 Å². The van der Waals surface area contributed by atoms with E-state index in [1.54, 1.807) is 0 Å². The van der Waals surface area contributed by atoms with Crippen molar-refractivity contribution >= 4 is 44.6 Å². The van der Waals surface area contributed by atoms with E-state index in [0.29, 0.717) is 43.2 Å². The smallest absolute Gasteiger partial charge is 0.405 e. The summed E-state index contributed by atoms with van der Waals surface area (Å²) in [4.78, 5) is 60.3. The highest BCUT2D eigenvalue weighted by Crippen LogP contribution is 2.46. The number of allylic oxidation sites excluding steroid dienone is 1. The third-order valence-electron chi connectivity index (χ3n) is 10.3. The van der Waals surface area contributed by atoms with Crippen LogP contribution in [0.1, 0.15) is 51.9 Å². The number of pyridine rings is 1. The number of amides is 4.